The van der Waals surface area contributed by atoms with E-state index in [1.54, 1.807) is 31.2 Å². The first-order chi connectivity index (χ1) is 8.56. The van der Waals surface area contributed by atoms with Crippen molar-refractivity contribution in [1.29, 1.82) is 0 Å². The molecule has 1 aromatic carbocycles. The van der Waals surface area contributed by atoms with Gasteiger partial charge < -0.3 is 14.9 Å². The van der Waals surface area contributed by atoms with Gasteiger partial charge in [-0.3, -0.25) is 0 Å². The lowest BCUT2D eigenvalue weighted by molar-refractivity contribution is -0.131. The Morgan fingerprint density at radius 1 is 1.28 bits per heavy atom. The van der Waals surface area contributed by atoms with E-state index in [0.717, 1.165) is 6.08 Å². The molecule has 0 amide bonds. The maximum atomic E-state index is 9.75. The Morgan fingerprint density at radius 2 is 1.89 bits per heavy atom. The van der Waals surface area contributed by atoms with Crippen molar-refractivity contribution in [1.82, 2.24) is 0 Å². The van der Waals surface area contributed by atoms with Crippen LogP contribution in [0.2, 0.25) is 0 Å². The summed E-state index contributed by atoms with van der Waals surface area (Å²) in [6.07, 6.45) is 5.25. The summed E-state index contributed by atoms with van der Waals surface area (Å²) in [4.78, 5) is 9.75. The van der Waals surface area contributed by atoms with Gasteiger partial charge in [-0.15, -0.1) is 0 Å². The summed E-state index contributed by atoms with van der Waals surface area (Å²) in [6, 6.07) is 9.21. The van der Waals surface area contributed by atoms with Crippen molar-refractivity contribution < 1.29 is 19.7 Å². The number of para-hydroxylation sites is 1. The number of benzene rings is 1. The molecule has 0 aliphatic carbocycles. The van der Waals surface area contributed by atoms with Crippen LogP contribution >= 0.6 is 0 Å². The highest BCUT2D eigenvalue weighted by atomic mass is 16.6. The normalized spacial score (nSPS) is 11.9. The van der Waals surface area contributed by atoms with Crippen molar-refractivity contribution in [3.63, 3.8) is 0 Å². The van der Waals surface area contributed by atoms with Gasteiger partial charge in [-0.2, -0.15) is 0 Å². The maximum absolute atomic E-state index is 9.75. The van der Waals surface area contributed by atoms with Crippen LogP contribution in [0.5, 0.6) is 5.75 Å². The van der Waals surface area contributed by atoms with E-state index >= 15 is 0 Å². The van der Waals surface area contributed by atoms with E-state index in [1.165, 1.54) is 6.08 Å². The minimum atomic E-state index is -0.914. The van der Waals surface area contributed by atoms with Crippen LogP contribution in [-0.2, 0) is 4.79 Å². The van der Waals surface area contributed by atoms with E-state index in [2.05, 4.69) is 0 Å². The number of hydrogen-bond acceptors (Lipinski definition) is 3. The molecular formula is C14H18O4. The van der Waals surface area contributed by atoms with Crippen molar-refractivity contribution in [3.8, 4) is 5.75 Å². The van der Waals surface area contributed by atoms with Gasteiger partial charge in [0.25, 0.3) is 0 Å². The molecule has 1 unspecified atom stereocenters. The fraction of sp³-hybridized carbons (Fsp3) is 0.214. The average Bonchev–Trinajstić information content (AvgIpc) is 2.30. The van der Waals surface area contributed by atoms with Gasteiger partial charge in [-0.25, -0.2) is 4.79 Å². The van der Waals surface area contributed by atoms with E-state index in [1.807, 2.05) is 25.1 Å². The molecule has 0 bridgehead atoms. The van der Waals surface area contributed by atoms with Crippen molar-refractivity contribution in [3.05, 3.63) is 54.6 Å². The summed E-state index contributed by atoms with van der Waals surface area (Å²) in [6.45, 7) is 3.40. The van der Waals surface area contributed by atoms with Crippen LogP contribution in [0.4, 0.5) is 0 Å². The zero-order valence-electron chi connectivity index (χ0n) is 10.5. The zero-order valence-corrected chi connectivity index (χ0v) is 10.5. The number of carbonyl (C=O) groups is 1. The van der Waals surface area contributed by atoms with Crippen molar-refractivity contribution in [2.45, 2.75) is 20.1 Å². The summed E-state index contributed by atoms with van der Waals surface area (Å²) < 4.78 is 4.97. The molecule has 1 rings (SSSR count). The van der Waals surface area contributed by atoms with E-state index in [0.29, 0.717) is 5.75 Å². The van der Waals surface area contributed by atoms with Crippen molar-refractivity contribution in [2.75, 3.05) is 0 Å². The second-order valence-electron chi connectivity index (χ2n) is 3.25. The zero-order chi connectivity index (χ0) is 13.8. The Balaban J connectivity index is 0.000000331. The lowest BCUT2D eigenvalue weighted by atomic mass is 10.3. The van der Waals surface area contributed by atoms with E-state index in [-0.39, 0.29) is 0 Å². The summed E-state index contributed by atoms with van der Waals surface area (Å²) in [7, 11) is 0. The topological polar surface area (TPSA) is 66.8 Å². The Bertz CT molecular complexity index is 380. The van der Waals surface area contributed by atoms with Crippen LogP contribution in [0.15, 0.2) is 54.6 Å². The quantitative estimate of drug-likeness (QED) is 0.489. The van der Waals surface area contributed by atoms with Gasteiger partial charge in [0.1, 0.15) is 5.75 Å². The van der Waals surface area contributed by atoms with Gasteiger partial charge in [-0.05, 0) is 26.0 Å². The molecular weight excluding hydrogens is 232 g/mol. The summed E-state index contributed by atoms with van der Waals surface area (Å²) >= 11 is 0. The molecule has 18 heavy (non-hydrogen) atoms. The summed E-state index contributed by atoms with van der Waals surface area (Å²) in [5, 5.41) is 16.8. The van der Waals surface area contributed by atoms with Crippen LogP contribution < -0.4 is 4.74 Å². The molecule has 0 aliphatic heterocycles. The molecule has 0 aliphatic rings. The Kier molecular flexibility index (Phi) is 8.95. The van der Waals surface area contributed by atoms with Crippen LogP contribution in [0.25, 0.3) is 0 Å². The van der Waals surface area contributed by atoms with E-state index < -0.39 is 12.3 Å². The van der Waals surface area contributed by atoms with Crippen molar-refractivity contribution in [2.24, 2.45) is 0 Å². The van der Waals surface area contributed by atoms with E-state index in [9.17, 15) is 4.79 Å². The molecule has 0 spiro atoms. The molecule has 1 aromatic rings. The van der Waals surface area contributed by atoms with E-state index in [4.69, 9.17) is 14.9 Å². The lowest BCUT2D eigenvalue weighted by Gasteiger charge is -2.06. The molecule has 4 nitrogen and oxygen atoms in total. The number of ether oxygens (including phenoxy) is 1. The third-order valence-electron chi connectivity index (χ3n) is 1.59. The third-order valence-corrected chi connectivity index (χ3v) is 1.59. The number of allylic oxidation sites excluding steroid dienone is 3. The molecule has 0 aromatic heterocycles. The highest BCUT2D eigenvalue weighted by Crippen LogP contribution is 2.09. The van der Waals surface area contributed by atoms with Crippen LogP contribution in [-0.4, -0.2) is 22.5 Å². The van der Waals surface area contributed by atoms with Gasteiger partial charge >= 0.3 is 5.97 Å². The van der Waals surface area contributed by atoms with Crippen molar-refractivity contribution >= 4 is 5.97 Å². The number of aliphatic carboxylic acids is 1. The molecule has 0 fully saturated rings. The maximum Gasteiger partial charge on any atom is 0.328 e. The number of rotatable bonds is 4. The first kappa shape index (κ1) is 15.9. The fourth-order valence-electron chi connectivity index (χ4n) is 0.945. The standard InChI is InChI=1S/C8H10O2.C6H8O2/c1-7(9)10-8-5-3-2-4-6-8;1-2-3-4-5-6(7)8/h2-7,9H,1H3;2-5H,1H3,(H,7,8)/b;3-2+,5-4+. The van der Waals surface area contributed by atoms with Gasteiger partial charge in [0.2, 0.25) is 0 Å². The molecule has 4 heteroatoms. The second kappa shape index (κ2) is 10.1. The smallest absolute Gasteiger partial charge is 0.328 e. The molecule has 0 heterocycles. The molecule has 1 atom stereocenters. The molecule has 0 radical (unpaired) electrons. The first-order valence-electron chi connectivity index (χ1n) is 5.48. The molecule has 0 saturated heterocycles. The molecule has 2 N–H and O–H groups in total. The van der Waals surface area contributed by atoms with Gasteiger partial charge in [0.05, 0.1) is 0 Å². The Hall–Kier alpha value is -2.07. The summed E-state index contributed by atoms with van der Waals surface area (Å²) in [5.74, 6) is -0.222. The first-order valence-corrected chi connectivity index (χ1v) is 5.48. The number of aliphatic hydroxyl groups is 1. The largest absolute Gasteiger partial charge is 0.478 e. The highest BCUT2D eigenvalue weighted by Gasteiger charge is 1.94. The Labute approximate surface area is 107 Å². The van der Waals surface area contributed by atoms with Crippen LogP contribution in [0.1, 0.15) is 13.8 Å². The number of carboxylic acid groups (broad SMARTS) is 1. The van der Waals surface area contributed by atoms with Gasteiger partial charge in [0.15, 0.2) is 6.29 Å². The predicted molar refractivity (Wildman–Crippen MR) is 70.3 cm³/mol. The average molecular weight is 250 g/mol. The SMILES string of the molecule is C/C=C/C=C/C(=O)O.CC(O)Oc1ccccc1. The summed E-state index contributed by atoms with van der Waals surface area (Å²) in [5.41, 5.74) is 0. The number of hydrogen-bond donors (Lipinski definition) is 2. The van der Waals surface area contributed by atoms with Crippen LogP contribution in [0, 0.1) is 0 Å². The third kappa shape index (κ3) is 10.4. The van der Waals surface area contributed by atoms with Crippen LogP contribution in [0.3, 0.4) is 0 Å². The highest BCUT2D eigenvalue weighted by molar-refractivity contribution is 5.80. The predicted octanol–water partition coefficient (Wildman–Crippen LogP) is 2.61. The monoisotopic (exact) mass is 250 g/mol. The fourth-order valence-corrected chi connectivity index (χ4v) is 0.945. The second-order valence-corrected chi connectivity index (χ2v) is 3.25. The number of carboxylic acids is 1. The minimum Gasteiger partial charge on any atom is -0.478 e. The molecule has 98 valence electrons. The Morgan fingerprint density at radius 3 is 2.33 bits per heavy atom. The minimum absolute atomic E-state index is 0.692. The van der Waals surface area contributed by atoms with Gasteiger partial charge in [0, 0.05) is 6.08 Å². The van der Waals surface area contributed by atoms with Gasteiger partial charge in [-0.1, -0.05) is 36.4 Å². The lowest BCUT2D eigenvalue weighted by Crippen LogP contribution is -2.08. The number of aliphatic hydroxyl groups excluding tert-OH is 1. The molecule has 0 saturated carbocycles.